The Kier molecular flexibility index (Phi) is 7.83. The molecule has 5 heteroatoms. The van der Waals surface area contributed by atoms with Crippen molar-refractivity contribution in [3.8, 4) is 0 Å². The fraction of sp³-hybridized carbons (Fsp3) is 0.778. The van der Waals surface area contributed by atoms with Crippen LogP contribution < -0.4 is 10.6 Å². The summed E-state index contributed by atoms with van der Waals surface area (Å²) in [5.41, 5.74) is 0. The molecule has 14 heavy (non-hydrogen) atoms. The minimum absolute atomic E-state index is 0.0225. The number of unbranched alkanes of at least 4 members (excludes halogenated alkanes) is 2. The number of carbonyl (C=O) groups excluding carboxylic acids is 1. The topological polar surface area (TPSA) is 78.4 Å². The van der Waals surface area contributed by atoms with Crippen molar-refractivity contribution in [1.82, 2.24) is 10.6 Å². The van der Waals surface area contributed by atoms with Gasteiger partial charge in [-0.1, -0.05) is 6.42 Å². The first-order valence-corrected chi connectivity index (χ1v) is 4.80. The van der Waals surface area contributed by atoms with E-state index in [2.05, 4.69) is 10.6 Å². The maximum atomic E-state index is 10.9. The van der Waals surface area contributed by atoms with Crippen LogP contribution in [0.3, 0.4) is 0 Å². The Bertz CT molecular complexity index is 183. The van der Waals surface area contributed by atoms with Crippen LogP contribution in [0.1, 0.15) is 25.7 Å². The second-order valence-corrected chi connectivity index (χ2v) is 3.08. The first-order valence-electron chi connectivity index (χ1n) is 4.80. The Balaban J connectivity index is 3.13. The smallest absolute Gasteiger partial charge is 0.303 e. The summed E-state index contributed by atoms with van der Waals surface area (Å²) in [6.45, 7) is 0.954. The van der Waals surface area contributed by atoms with Gasteiger partial charge in [-0.3, -0.25) is 9.59 Å². The van der Waals surface area contributed by atoms with Crippen molar-refractivity contribution in [2.45, 2.75) is 25.7 Å². The molecular formula is C9H18N2O3. The molecule has 0 aliphatic carbocycles. The SMILES string of the molecule is CNCC(=O)NCCCCCC(=O)O. The van der Waals surface area contributed by atoms with Crippen LogP contribution in [0.4, 0.5) is 0 Å². The summed E-state index contributed by atoms with van der Waals surface area (Å²) in [6, 6.07) is 0. The van der Waals surface area contributed by atoms with E-state index >= 15 is 0 Å². The number of rotatable bonds is 8. The minimum atomic E-state index is -0.760. The summed E-state index contributed by atoms with van der Waals surface area (Å²) in [5.74, 6) is -0.782. The summed E-state index contributed by atoms with van der Waals surface area (Å²) in [6.07, 6.45) is 2.57. The molecule has 0 atom stereocenters. The fourth-order valence-electron chi connectivity index (χ4n) is 1.03. The first kappa shape index (κ1) is 12.9. The molecule has 0 unspecified atom stereocenters. The van der Waals surface area contributed by atoms with Gasteiger partial charge in [-0.05, 0) is 19.9 Å². The fourth-order valence-corrected chi connectivity index (χ4v) is 1.03. The second kappa shape index (κ2) is 8.50. The van der Waals surface area contributed by atoms with Crippen molar-refractivity contribution in [3.05, 3.63) is 0 Å². The van der Waals surface area contributed by atoms with Crippen molar-refractivity contribution in [3.63, 3.8) is 0 Å². The van der Waals surface area contributed by atoms with Gasteiger partial charge in [-0.15, -0.1) is 0 Å². The third-order valence-electron chi connectivity index (χ3n) is 1.73. The molecule has 0 radical (unpaired) electrons. The Hall–Kier alpha value is -1.10. The highest BCUT2D eigenvalue weighted by atomic mass is 16.4. The van der Waals surface area contributed by atoms with Gasteiger partial charge in [0.2, 0.25) is 5.91 Å². The molecule has 82 valence electrons. The van der Waals surface area contributed by atoms with Crippen LogP contribution in [0.5, 0.6) is 0 Å². The van der Waals surface area contributed by atoms with Crippen LogP contribution >= 0.6 is 0 Å². The van der Waals surface area contributed by atoms with E-state index in [0.717, 1.165) is 12.8 Å². The Morgan fingerprint density at radius 2 is 1.93 bits per heavy atom. The van der Waals surface area contributed by atoms with Gasteiger partial charge < -0.3 is 15.7 Å². The van der Waals surface area contributed by atoms with Crippen LogP contribution in [0, 0.1) is 0 Å². The van der Waals surface area contributed by atoms with E-state index in [0.29, 0.717) is 19.5 Å². The van der Waals surface area contributed by atoms with Crippen molar-refractivity contribution >= 4 is 11.9 Å². The van der Waals surface area contributed by atoms with Crippen LogP contribution in [0.2, 0.25) is 0 Å². The molecule has 0 saturated heterocycles. The number of carboxylic acid groups (broad SMARTS) is 1. The van der Waals surface area contributed by atoms with Crippen LogP contribution in [0.15, 0.2) is 0 Å². The van der Waals surface area contributed by atoms with Gasteiger partial charge in [-0.2, -0.15) is 0 Å². The number of amides is 1. The molecule has 0 aromatic rings. The van der Waals surface area contributed by atoms with Gasteiger partial charge in [0.25, 0.3) is 0 Å². The molecule has 0 aromatic carbocycles. The summed E-state index contributed by atoms with van der Waals surface area (Å²) in [7, 11) is 1.71. The van der Waals surface area contributed by atoms with Gasteiger partial charge in [0.15, 0.2) is 0 Å². The lowest BCUT2D eigenvalue weighted by atomic mass is 10.2. The molecular weight excluding hydrogens is 184 g/mol. The van der Waals surface area contributed by atoms with E-state index < -0.39 is 5.97 Å². The standard InChI is InChI=1S/C9H18N2O3/c1-10-7-8(12)11-6-4-2-3-5-9(13)14/h10H,2-7H2,1H3,(H,11,12)(H,13,14). The largest absolute Gasteiger partial charge is 0.481 e. The average Bonchev–Trinajstić information content (AvgIpc) is 2.11. The molecule has 1 amide bonds. The highest BCUT2D eigenvalue weighted by Crippen LogP contribution is 1.98. The Morgan fingerprint density at radius 3 is 2.50 bits per heavy atom. The molecule has 0 aliphatic rings. The number of likely N-dealkylation sites (N-methyl/N-ethyl adjacent to an activating group) is 1. The molecule has 0 fully saturated rings. The molecule has 0 heterocycles. The van der Waals surface area contributed by atoms with Gasteiger partial charge in [-0.25, -0.2) is 0 Å². The molecule has 0 aromatic heterocycles. The summed E-state index contributed by atoms with van der Waals surface area (Å²) >= 11 is 0. The van der Waals surface area contributed by atoms with Gasteiger partial charge in [0.05, 0.1) is 6.54 Å². The highest BCUT2D eigenvalue weighted by Gasteiger charge is 1.98. The van der Waals surface area contributed by atoms with Crippen molar-refractivity contribution in [1.29, 1.82) is 0 Å². The molecule has 0 saturated carbocycles. The Morgan fingerprint density at radius 1 is 1.21 bits per heavy atom. The van der Waals surface area contributed by atoms with E-state index in [1.54, 1.807) is 7.05 Å². The third kappa shape index (κ3) is 8.99. The second-order valence-electron chi connectivity index (χ2n) is 3.08. The molecule has 0 bridgehead atoms. The number of aliphatic carboxylic acids is 1. The van der Waals surface area contributed by atoms with E-state index in [1.165, 1.54) is 0 Å². The molecule has 0 aliphatic heterocycles. The van der Waals surface area contributed by atoms with Crippen molar-refractivity contribution in [2.75, 3.05) is 20.1 Å². The summed E-state index contributed by atoms with van der Waals surface area (Å²) in [5, 5.41) is 13.8. The quantitative estimate of drug-likeness (QED) is 0.483. The molecule has 5 nitrogen and oxygen atoms in total. The van der Waals surface area contributed by atoms with Crippen molar-refractivity contribution < 1.29 is 14.7 Å². The molecule has 0 spiro atoms. The molecule has 3 N–H and O–H groups in total. The van der Waals surface area contributed by atoms with Crippen molar-refractivity contribution in [2.24, 2.45) is 0 Å². The number of hydrogen-bond acceptors (Lipinski definition) is 3. The normalized spacial score (nSPS) is 9.79. The third-order valence-corrected chi connectivity index (χ3v) is 1.73. The predicted octanol–water partition coefficient (Wildman–Crippen LogP) is -0.0330. The molecule has 0 rings (SSSR count). The van der Waals surface area contributed by atoms with Crippen LogP contribution in [0.25, 0.3) is 0 Å². The highest BCUT2D eigenvalue weighted by molar-refractivity contribution is 5.77. The lowest BCUT2D eigenvalue weighted by molar-refractivity contribution is -0.137. The summed E-state index contributed by atoms with van der Waals surface area (Å²) in [4.78, 5) is 21.1. The zero-order valence-corrected chi connectivity index (χ0v) is 8.51. The van der Waals surface area contributed by atoms with Gasteiger partial charge >= 0.3 is 5.97 Å². The van der Waals surface area contributed by atoms with E-state index in [-0.39, 0.29) is 12.3 Å². The van der Waals surface area contributed by atoms with E-state index in [1.807, 2.05) is 0 Å². The average molecular weight is 202 g/mol. The zero-order valence-electron chi connectivity index (χ0n) is 8.51. The number of hydrogen-bond donors (Lipinski definition) is 3. The Labute approximate surface area is 83.9 Å². The summed E-state index contributed by atoms with van der Waals surface area (Å²) < 4.78 is 0. The van der Waals surface area contributed by atoms with E-state index in [4.69, 9.17) is 5.11 Å². The number of nitrogens with one attached hydrogen (secondary N) is 2. The van der Waals surface area contributed by atoms with Gasteiger partial charge in [0.1, 0.15) is 0 Å². The van der Waals surface area contributed by atoms with Gasteiger partial charge in [0, 0.05) is 13.0 Å². The maximum Gasteiger partial charge on any atom is 0.303 e. The van der Waals surface area contributed by atoms with Crippen LogP contribution in [-0.4, -0.2) is 37.1 Å². The number of carbonyl (C=O) groups is 2. The monoisotopic (exact) mass is 202 g/mol. The zero-order chi connectivity index (χ0) is 10.8. The first-order chi connectivity index (χ1) is 6.66. The maximum absolute atomic E-state index is 10.9. The van der Waals surface area contributed by atoms with E-state index in [9.17, 15) is 9.59 Å². The number of carboxylic acids is 1. The predicted molar refractivity (Wildman–Crippen MR) is 53.0 cm³/mol. The van der Waals surface area contributed by atoms with Crippen LogP contribution in [-0.2, 0) is 9.59 Å². The lowest BCUT2D eigenvalue weighted by Crippen LogP contribution is -2.32. The minimum Gasteiger partial charge on any atom is -0.481 e. The lowest BCUT2D eigenvalue weighted by Gasteiger charge is -2.03.